The van der Waals surface area contributed by atoms with Gasteiger partial charge in [-0.25, -0.2) is 9.59 Å². The second-order valence-electron chi connectivity index (χ2n) is 8.60. The number of carbonyl (C=O) groups is 2. The predicted octanol–water partition coefficient (Wildman–Crippen LogP) is 2.39. The molecule has 0 saturated carbocycles. The second-order valence-corrected chi connectivity index (χ2v) is 9.04. The van der Waals surface area contributed by atoms with Gasteiger partial charge >= 0.3 is 12.0 Å². The number of halogens is 1. The maximum atomic E-state index is 12.7. The summed E-state index contributed by atoms with van der Waals surface area (Å²) in [6.45, 7) is 4.91. The topological polar surface area (TPSA) is 91.1 Å². The standard InChI is InChI=1S/C22H26ClN5O4/c23-16-2-1-15(20(11-16)28-17-3-4-18(28)14-32-13-17)12-25-7-9-26(10-8-25)22(31)27-6-5-19(24-27)21(29)30/h1-2,5-6,11,17-18H,3-4,7-10,12-14H2,(H,29,30). The molecule has 2 atom stereocenters. The summed E-state index contributed by atoms with van der Waals surface area (Å²) in [5.41, 5.74) is 2.31. The van der Waals surface area contributed by atoms with Crippen LogP contribution in [0, 0.1) is 0 Å². The number of anilines is 1. The molecule has 3 aliphatic rings. The Bertz CT molecular complexity index is 1000. The van der Waals surface area contributed by atoms with E-state index in [1.807, 2.05) is 6.07 Å². The van der Waals surface area contributed by atoms with Crippen LogP contribution in [0.4, 0.5) is 10.5 Å². The summed E-state index contributed by atoms with van der Waals surface area (Å²) < 4.78 is 6.85. The number of aromatic carboxylic acids is 1. The molecule has 2 aromatic rings. The molecular weight excluding hydrogens is 434 g/mol. The van der Waals surface area contributed by atoms with Crippen molar-refractivity contribution in [3.8, 4) is 0 Å². The highest BCUT2D eigenvalue weighted by molar-refractivity contribution is 6.30. The first-order chi connectivity index (χ1) is 15.5. The monoisotopic (exact) mass is 459 g/mol. The first kappa shape index (κ1) is 21.2. The van der Waals surface area contributed by atoms with E-state index in [2.05, 4.69) is 27.0 Å². The normalized spacial score (nSPS) is 23.5. The van der Waals surface area contributed by atoms with E-state index in [0.717, 1.165) is 55.4 Å². The quantitative estimate of drug-likeness (QED) is 0.750. The number of fused-ring (bicyclic) bond motifs is 2. The van der Waals surface area contributed by atoms with E-state index in [1.165, 1.54) is 23.5 Å². The molecule has 32 heavy (non-hydrogen) atoms. The second kappa shape index (κ2) is 8.73. The number of hydrogen-bond acceptors (Lipinski definition) is 6. The van der Waals surface area contributed by atoms with E-state index in [1.54, 1.807) is 4.90 Å². The molecule has 1 amide bonds. The first-order valence-corrected chi connectivity index (χ1v) is 11.3. The fourth-order valence-corrected chi connectivity index (χ4v) is 5.13. The lowest BCUT2D eigenvalue weighted by molar-refractivity contribution is 0.0689. The van der Waals surface area contributed by atoms with Gasteiger partial charge in [0.1, 0.15) is 0 Å². The number of ether oxygens (including phenoxy) is 1. The van der Waals surface area contributed by atoms with Crippen LogP contribution in [-0.4, -0.2) is 88.2 Å². The lowest BCUT2D eigenvalue weighted by atomic mass is 10.1. The minimum absolute atomic E-state index is 0.135. The van der Waals surface area contributed by atoms with Gasteiger partial charge in [-0.15, -0.1) is 0 Å². The zero-order chi connectivity index (χ0) is 22.2. The minimum Gasteiger partial charge on any atom is -0.476 e. The molecule has 4 heterocycles. The number of piperazine rings is 1. The van der Waals surface area contributed by atoms with Crippen molar-refractivity contribution >= 4 is 29.3 Å². The highest BCUT2D eigenvalue weighted by Crippen LogP contribution is 2.37. The predicted molar refractivity (Wildman–Crippen MR) is 118 cm³/mol. The minimum atomic E-state index is -1.14. The number of carbonyl (C=O) groups excluding carboxylic acids is 1. The Hall–Kier alpha value is -2.62. The highest BCUT2D eigenvalue weighted by atomic mass is 35.5. The maximum absolute atomic E-state index is 12.7. The molecule has 3 aliphatic heterocycles. The van der Waals surface area contributed by atoms with Gasteiger partial charge in [-0.1, -0.05) is 17.7 Å². The van der Waals surface area contributed by atoms with E-state index < -0.39 is 5.97 Å². The van der Waals surface area contributed by atoms with Gasteiger partial charge in [0.15, 0.2) is 5.69 Å². The van der Waals surface area contributed by atoms with Gasteiger partial charge in [0.05, 0.1) is 25.3 Å². The summed E-state index contributed by atoms with van der Waals surface area (Å²) in [5.74, 6) is -1.14. The summed E-state index contributed by atoms with van der Waals surface area (Å²) in [6.07, 6.45) is 3.69. The summed E-state index contributed by atoms with van der Waals surface area (Å²) in [6, 6.07) is 7.98. The number of amides is 1. The van der Waals surface area contributed by atoms with Crippen LogP contribution in [0.1, 0.15) is 28.9 Å². The van der Waals surface area contributed by atoms with Gasteiger partial charge in [-0.2, -0.15) is 9.78 Å². The highest BCUT2D eigenvalue weighted by Gasteiger charge is 2.38. The van der Waals surface area contributed by atoms with Crippen molar-refractivity contribution in [2.75, 3.05) is 44.3 Å². The third kappa shape index (κ3) is 4.07. The van der Waals surface area contributed by atoms with E-state index in [-0.39, 0.29) is 11.7 Å². The van der Waals surface area contributed by atoms with Crippen molar-refractivity contribution in [1.29, 1.82) is 0 Å². The van der Waals surface area contributed by atoms with Crippen LogP contribution in [0.5, 0.6) is 0 Å². The summed E-state index contributed by atoms with van der Waals surface area (Å²) in [7, 11) is 0. The number of benzene rings is 1. The summed E-state index contributed by atoms with van der Waals surface area (Å²) in [4.78, 5) is 30.2. The number of hydrogen-bond donors (Lipinski definition) is 1. The molecule has 3 saturated heterocycles. The molecule has 0 aliphatic carbocycles. The number of rotatable bonds is 4. The van der Waals surface area contributed by atoms with E-state index in [0.29, 0.717) is 25.2 Å². The summed E-state index contributed by atoms with van der Waals surface area (Å²) in [5, 5.41) is 13.6. The average Bonchev–Trinajstić information content (AvgIpc) is 3.38. The Morgan fingerprint density at radius 3 is 2.47 bits per heavy atom. The Morgan fingerprint density at radius 2 is 1.81 bits per heavy atom. The molecule has 10 heteroatoms. The van der Waals surface area contributed by atoms with Crippen LogP contribution < -0.4 is 4.90 Å². The van der Waals surface area contributed by atoms with E-state index >= 15 is 0 Å². The third-order valence-corrected chi connectivity index (χ3v) is 6.84. The van der Waals surface area contributed by atoms with Gasteiger partial charge < -0.3 is 19.6 Å². The molecule has 5 rings (SSSR count). The molecular formula is C22H26ClN5O4. The number of aromatic nitrogens is 2. The fraction of sp³-hybridized carbons (Fsp3) is 0.500. The van der Waals surface area contributed by atoms with E-state index in [9.17, 15) is 9.59 Å². The van der Waals surface area contributed by atoms with Crippen LogP contribution >= 0.6 is 11.6 Å². The van der Waals surface area contributed by atoms with Crippen molar-refractivity contribution in [3.63, 3.8) is 0 Å². The van der Waals surface area contributed by atoms with E-state index in [4.69, 9.17) is 21.4 Å². The number of carboxylic acids is 1. The van der Waals surface area contributed by atoms with Crippen molar-refractivity contribution in [2.45, 2.75) is 31.5 Å². The molecule has 9 nitrogen and oxygen atoms in total. The maximum Gasteiger partial charge on any atom is 0.356 e. The molecule has 2 unspecified atom stereocenters. The molecule has 3 fully saturated rings. The molecule has 0 radical (unpaired) electrons. The van der Waals surface area contributed by atoms with Gasteiger partial charge in [0.25, 0.3) is 0 Å². The van der Waals surface area contributed by atoms with Crippen LogP contribution in [0.25, 0.3) is 0 Å². The summed E-state index contributed by atoms with van der Waals surface area (Å²) >= 11 is 6.37. The smallest absolute Gasteiger partial charge is 0.356 e. The molecule has 170 valence electrons. The lowest BCUT2D eigenvalue weighted by Gasteiger charge is -2.39. The van der Waals surface area contributed by atoms with Gasteiger partial charge in [-0.3, -0.25) is 4.90 Å². The Labute approximate surface area is 191 Å². The lowest BCUT2D eigenvalue weighted by Crippen LogP contribution is -2.50. The largest absolute Gasteiger partial charge is 0.476 e. The van der Waals surface area contributed by atoms with Crippen LogP contribution in [-0.2, 0) is 11.3 Å². The number of carboxylic acid groups (broad SMARTS) is 1. The molecule has 2 bridgehead atoms. The average molecular weight is 460 g/mol. The Morgan fingerprint density at radius 1 is 1.09 bits per heavy atom. The van der Waals surface area contributed by atoms with Gasteiger partial charge in [0, 0.05) is 49.6 Å². The zero-order valence-electron chi connectivity index (χ0n) is 17.7. The number of nitrogens with zero attached hydrogens (tertiary/aromatic N) is 5. The first-order valence-electron chi connectivity index (χ1n) is 10.9. The zero-order valence-corrected chi connectivity index (χ0v) is 18.4. The molecule has 1 N–H and O–H groups in total. The van der Waals surface area contributed by atoms with Gasteiger partial charge in [0.2, 0.25) is 0 Å². The Balaban J connectivity index is 1.25. The molecule has 1 aromatic heterocycles. The SMILES string of the molecule is O=C(O)c1ccn(C(=O)N2CCN(Cc3ccc(Cl)cc3N3C4CCC3COC4)CC2)n1. The Kier molecular flexibility index (Phi) is 5.79. The van der Waals surface area contributed by atoms with Crippen molar-refractivity contribution < 1.29 is 19.4 Å². The van der Waals surface area contributed by atoms with Crippen LogP contribution in [0.15, 0.2) is 30.5 Å². The van der Waals surface area contributed by atoms with Crippen molar-refractivity contribution in [1.82, 2.24) is 19.6 Å². The third-order valence-electron chi connectivity index (χ3n) is 6.61. The van der Waals surface area contributed by atoms with Crippen molar-refractivity contribution in [2.24, 2.45) is 0 Å². The number of morpholine rings is 1. The van der Waals surface area contributed by atoms with Gasteiger partial charge in [-0.05, 0) is 36.6 Å². The van der Waals surface area contributed by atoms with Crippen LogP contribution in [0.2, 0.25) is 5.02 Å². The van der Waals surface area contributed by atoms with Crippen molar-refractivity contribution in [3.05, 3.63) is 46.7 Å². The van der Waals surface area contributed by atoms with Crippen LogP contribution in [0.3, 0.4) is 0 Å². The molecule has 0 spiro atoms. The molecule has 1 aromatic carbocycles. The fourth-order valence-electron chi connectivity index (χ4n) is 4.96.